The molecule has 0 aliphatic carbocycles. The molecule has 100 valence electrons. The summed E-state index contributed by atoms with van der Waals surface area (Å²) >= 11 is 1.73. The Kier molecular flexibility index (Phi) is 6.92. The Morgan fingerprint density at radius 1 is 1.53 bits per heavy atom. The van der Waals surface area contributed by atoms with Gasteiger partial charge in [0.05, 0.1) is 6.04 Å². The molecular weight excluding hydrogens is 236 g/mol. The van der Waals surface area contributed by atoms with Crippen LogP contribution in [-0.2, 0) is 9.53 Å². The molecule has 0 radical (unpaired) electrons. The highest BCUT2D eigenvalue weighted by molar-refractivity contribution is 7.98. The smallest absolute Gasteiger partial charge is 0.239 e. The number of nitrogens with zero attached hydrogens (tertiary/aromatic N) is 1. The van der Waals surface area contributed by atoms with Crippen molar-refractivity contribution in [3.8, 4) is 0 Å². The molecule has 4 nitrogen and oxygen atoms in total. The fourth-order valence-corrected chi connectivity index (χ4v) is 2.55. The number of nitrogens with two attached hydrogens (primary N) is 1. The lowest BCUT2D eigenvalue weighted by molar-refractivity contribution is -0.132. The van der Waals surface area contributed by atoms with E-state index in [2.05, 4.69) is 0 Å². The molecule has 2 N–H and O–H groups in total. The summed E-state index contributed by atoms with van der Waals surface area (Å²) in [6.07, 6.45) is 4.90. The van der Waals surface area contributed by atoms with E-state index in [9.17, 15) is 4.79 Å². The summed E-state index contributed by atoms with van der Waals surface area (Å²) < 4.78 is 5.31. The summed E-state index contributed by atoms with van der Waals surface area (Å²) in [7, 11) is 1.86. The van der Waals surface area contributed by atoms with Gasteiger partial charge in [-0.2, -0.15) is 11.8 Å². The first-order valence-corrected chi connectivity index (χ1v) is 7.61. The molecule has 0 spiro atoms. The Balaban J connectivity index is 2.29. The van der Waals surface area contributed by atoms with Crippen LogP contribution in [0.1, 0.15) is 19.3 Å². The van der Waals surface area contributed by atoms with Crippen molar-refractivity contribution >= 4 is 17.7 Å². The van der Waals surface area contributed by atoms with Crippen LogP contribution >= 0.6 is 11.8 Å². The third-order valence-electron chi connectivity index (χ3n) is 3.20. The van der Waals surface area contributed by atoms with Crippen LogP contribution in [0.3, 0.4) is 0 Å². The molecule has 0 unspecified atom stereocenters. The van der Waals surface area contributed by atoms with Crippen LogP contribution in [0.4, 0.5) is 0 Å². The van der Waals surface area contributed by atoms with Crippen molar-refractivity contribution in [3.05, 3.63) is 0 Å². The maximum atomic E-state index is 12.0. The number of hydrogen-bond acceptors (Lipinski definition) is 4. The predicted octanol–water partition coefficient (Wildman–Crippen LogP) is 0.952. The number of thioether (sulfide) groups is 1. The Labute approximate surface area is 108 Å². The van der Waals surface area contributed by atoms with Gasteiger partial charge in [-0.25, -0.2) is 0 Å². The van der Waals surface area contributed by atoms with E-state index in [0.29, 0.717) is 5.92 Å². The lowest BCUT2D eigenvalue weighted by Crippen LogP contribution is -2.44. The molecule has 0 bridgehead atoms. The largest absolute Gasteiger partial charge is 0.381 e. The Bertz CT molecular complexity index is 233. The molecule has 17 heavy (non-hydrogen) atoms. The molecule has 1 heterocycles. The monoisotopic (exact) mass is 260 g/mol. The fraction of sp³-hybridized carbons (Fsp3) is 0.917. The Hall–Kier alpha value is -0.260. The lowest BCUT2D eigenvalue weighted by atomic mass is 9.99. The quantitative estimate of drug-likeness (QED) is 0.772. The second-order valence-corrected chi connectivity index (χ2v) is 5.65. The summed E-state index contributed by atoms with van der Waals surface area (Å²) in [5.74, 6) is 1.59. The van der Waals surface area contributed by atoms with Gasteiger partial charge >= 0.3 is 0 Å². The van der Waals surface area contributed by atoms with Crippen molar-refractivity contribution in [1.82, 2.24) is 4.90 Å². The molecule has 1 aliphatic rings. The first-order valence-electron chi connectivity index (χ1n) is 6.22. The molecule has 0 aromatic carbocycles. The highest BCUT2D eigenvalue weighted by atomic mass is 32.2. The highest BCUT2D eigenvalue weighted by Gasteiger charge is 2.22. The van der Waals surface area contributed by atoms with Crippen LogP contribution in [0.25, 0.3) is 0 Å². The molecule has 1 aliphatic heterocycles. The van der Waals surface area contributed by atoms with E-state index >= 15 is 0 Å². The molecule has 0 saturated carbocycles. The van der Waals surface area contributed by atoms with E-state index in [-0.39, 0.29) is 11.9 Å². The van der Waals surface area contributed by atoms with Gasteiger partial charge in [-0.05, 0) is 37.2 Å². The maximum absolute atomic E-state index is 12.0. The summed E-state index contributed by atoms with van der Waals surface area (Å²) in [5, 5.41) is 0. The van der Waals surface area contributed by atoms with Crippen LogP contribution in [0.2, 0.25) is 0 Å². The topological polar surface area (TPSA) is 55.6 Å². The number of rotatable bonds is 6. The number of amides is 1. The summed E-state index contributed by atoms with van der Waals surface area (Å²) in [5.41, 5.74) is 5.88. The zero-order valence-electron chi connectivity index (χ0n) is 10.9. The number of carbonyl (C=O) groups is 1. The van der Waals surface area contributed by atoms with Crippen LogP contribution in [0, 0.1) is 5.92 Å². The highest BCUT2D eigenvalue weighted by Crippen LogP contribution is 2.16. The van der Waals surface area contributed by atoms with Gasteiger partial charge < -0.3 is 15.4 Å². The zero-order chi connectivity index (χ0) is 12.7. The van der Waals surface area contributed by atoms with Gasteiger partial charge in [0.25, 0.3) is 0 Å². The molecule has 1 rings (SSSR count). The fourth-order valence-electron chi connectivity index (χ4n) is 2.06. The number of ether oxygens (including phenoxy) is 1. The van der Waals surface area contributed by atoms with Crippen molar-refractivity contribution in [2.45, 2.75) is 25.3 Å². The molecule has 0 aromatic rings. The standard InChI is InChI=1S/C12H24N2O2S/c1-14(9-10-3-6-16-7-4-10)12(15)11(13)5-8-17-2/h10-11H,3-9,13H2,1-2H3/t11-/m0/s1. The first kappa shape index (κ1) is 14.8. The van der Waals surface area contributed by atoms with Gasteiger partial charge in [-0.1, -0.05) is 0 Å². The lowest BCUT2D eigenvalue weighted by Gasteiger charge is -2.28. The summed E-state index contributed by atoms with van der Waals surface area (Å²) in [6.45, 7) is 2.46. The summed E-state index contributed by atoms with van der Waals surface area (Å²) in [4.78, 5) is 13.8. The number of carbonyl (C=O) groups excluding carboxylic acids is 1. The van der Waals surface area contributed by atoms with Gasteiger partial charge in [0.2, 0.25) is 5.91 Å². The van der Waals surface area contributed by atoms with Gasteiger partial charge in [-0.3, -0.25) is 4.79 Å². The van der Waals surface area contributed by atoms with E-state index in [1.54, 1.807) is 16.7 Å². The van der Waals surface area contributed by atoms with Crippen LogP contribution in [-0.4, -0.2) is 55.7 Å². The normalized spacial score (nSPS) is 19.0. The molecule has 1 amide bonds. The van der Waals surface area contributed by atoms with E-state index in [1.165, 1.54) is 0 Å². The predicted molar refractivity (Wildman–Crippen MR) is 72.2 cm³/mol. The Morgan fingerprint density at radius 2 is 2.18 bits per heavy atom. The third kappa shape index (κ3) is 5.27. The summed E-state index contributed by atoms with van der Waals surface area (Å²) in [6, 6.07) is -0.340. The van der Waals surface area contributed by atoms with Crippen LogP contribution in [0.15, 0.2) is 0 Å². The van der Waals surface area contributed by atoms with Crippen molar-refractivity contribution < 1.29 is 9.53 Å². The minimum Gasteiger partial charge on any atom is -0.381 e. The van der Waals surface area contributed by atoms with Gasteiger partial charge in [0.15, 0.2) is 0 Å². The SMILES string of the molecule is CSCC[C@H](N)C(=O)N(C)CC1CCOCC1. The second kappa shape index (κ2) is 7.95. The molecule has 0 aromatic heterocycles. The molecule has 1 fully saturated rings. The van der Waals surface area contributed by atoms with Crippen molar-refractivity contribution in [1.29, 1.82) is 0 Å². The van der Waals surface area contributed by atoms with Crippen molar-refractivity contribution in [3.63, 3.8) is 0 Å². The molecule has 5 heteroatoms. The Morgan fingerprint density at radius 3 is 2.76 bits per heavy atom. The number of hydrogen-bond donors (Lipinski definition) is 1. The van der Waals surface area contributed by atoms with Crippen molar-refractivity contribution in [2.75, 3.05) is 38.8 Å². The average molecular weight is 260 g/mol. The molecule has 1 atom stereocenters. The van der Waals surface area contributed by atoms with Gasteiger partial charge in [0, 0.05) is 26.8 Å². The maximum Gasteiger partial charge on any atom is 0.239 e. The van der Waals surface area contributed by atoms with E-state index in [1.807, 2.05) is 13.3 Å². The first-order chi connectivity index (χ1) is 8.15. The molecular formula is C12H24N2O2S. The van der Waals surface area contributed by atoms with Gasteiger partial charge in [0.1, 0.15) is 0 Å². The minimum atomic E-state index is -0.340. The van der Waals surface area contributed by atoms with E-state index in [0.717, 1.165) is 44.8 Å². The van der Waals surface area contributed by atoms with Crippen LogP contribution < -0.4 is 5.73 Å². The zero-order valence-corrected chi connectivity index (χ0v) is 11.7. The second-order valence-electron chi connectivity index (χ2n) is 4.66. The van der Waals surface area contributed by atoms with E-state index in [4.69, 9.17) is 10.5 Å². The third-order valence-corrected chi connectivity index (χ3v) is 3.84. The minimum absolute atomic E-state index is 0.0746. The van der Waals surface area contributed by atoms with Gasteiger partial charge in [-0.15, -0.1) is 0 Å². The van der Waals surface area contributed by atoms with Crippen molar-refractivity contribution in [2.24, 2.45) is 11.7 Å². The number of likely N-dealkylation sites (N-methyl/N-ethyl adjacent to an activating group) is 1. The van der Waals surface area contributed by atoms with Crippen LogP contribution in [0.5, 0.6) is 0 Å². The average Bonchev–Trinajstić information content (AvgIpc) is 2.36. The van der Waals surface area contributed by atoms with E-state index < -0.39 is 0 Å². The molecule has 1 saturated heterocycles.